The quantitative estimate of drug-likeness (QED) is 0.763. The molecule has 1 heterocycles. The van der Waals surface area contributed by atoms with Crippen LogP contribution in [0.4, 0.5) is 10.1 Å². The normalized spacial score (nSPS) is 17.4. The fraction of sp³-hybridized carbons (Fsp3) is 0.385. The summed E-state index contributed by atoms with van der Waals surface area (Å²) in [7, 11) is 0. The summed E-state index contributed by atoms with van der Waals surface area (Å²) in [5, 5.41) is 12.1. The first-order valence-corrected chi connectivity index (χ1v) is 6.13. The van der Waals surface area contributed by atoms with E-state index in [9.17, 15) is 19.1 Å². The number of rotatable bonds is 4. The van der Waals surface area contributed by atoms with Crippen LogP contribution in [0.2, 0.25) is 0 Å². The lowest BCUT2D eigenvalue weighted by molar-refractivity contribution is -0.145. The number of ether oxygens (including phenoxy) is 1. The molecule has 4 N–H and O–H groups in total. The predicted molar refractivity (Wildman–Crippen MR) is 69.0 cm³/mol. The number of carbonyl (C=O) groups is 2. The molecule has 0 aromatic heterocycles. The van der Waals surface area contributed by atoms with Crippen molar-refractivity contribution in [1.29, 1.82) is 0 Å². The molecular formula is C13H15FN2O4. The van der Waals surface area contributed by atoms with Crippen LogP contribution in [0.5, 0.6) is 0 Å². The minimum atomic E-state index is -1.26. The lowest BCUT2D eigenvalue weighted by atomic mass is 9.89. The van der Waals surface area contributed by atoms with Crippen molar-refractivity contribution < 1.29 is 23.8 Å². The summed E-state index contributed by atoms with van der Waals surface area (Å²) in [5.41, 5.74) is 3.86. The zero-order valence-electron chi connectivity index (χ0n) is 10.7. The number of anilines is 1. The van der Waals surface area contributed by atoms with Crippen LogP contribution in [-0.2, 0) is 9.53 Å². The summed E-state index contributed by atoms with van der Waals surface area (Å²) in [6.45, 7) is 0.584. The molecule has 7 heteroatoms. The second kappa shape index (κ2) is 5.46. The van der Waals surface area contributed by atoms with Gasteiger partial charge in [-0.15, -0.1) is 0 Å². The van der Waals surface area contributed by atoms with Gasteiger partial charge in [0.25, 0.3) is 0 Å². The minimum absolute atomic E-state index is 0.0271. The molecule has 1 aliphatic rings. The van der Waals surface area contributed by atoms with Gasteiger partial charge in [0.15, 0.2) is 0 Å². The molecule has 108 valence electrons. The Kier molecular flexibility index (Phi) is 3.89. The number of carboxylic acid groups (broad SMARTS) is 1. The Morgan fingerprint density at radius 2 is 2.00 bits per heavy atom. The van der Waals surface area contributed by atoms with E-state index in [0.29, 0.717) is 13.2 Å². The lowest BCUT2D eigenvalue weighted by Crippen LogP contribution is -2.50. The second-order valence-corrected chi connectivity index (χ2v) is 4.68. The monoisotopic (exact) mass is 282 g/mol. The summed E-state index contributed by atoms with van der Waals surface area (Å²) in [6, 6.07) is 3.65. The van der Waals surface area contributed by atoms with Crippen LogP contribution in [0.15, 0.2) is 18.2 Å². The highest BCUT2D eigenvalue weighted by atomic mass is 19.1. The van der Waals surface area contributed by atoms with Gasteiger partial charge in [0, 0.05) is 31.6 Å². The molecule has 1 amide bonds. The van der Waals surface area contributed by atoms with Crippen LogP contribution in [0.1, 0.15) is 23.2 Å². The Morgan fingerprint density at radius 3 is 2.50 bits per heavy atom. The van der Waals surface area contributed by atoms with Crippen LogP contribution in [0.3, 0.4) is 0 Å². The zero-order chi connectivity index (χ0) is 14.8. The Bertz CT molecular complexity index is 541. The van der Waals surface area contributed by atoms with Crippen molar-refractivity contribution in [2.45, 2.75) is 18.4 Å². The lowest BCUT2D eigenvalue weighted by Gasteiger charge is -2.34. The molecule has 0 spiro atoms. The average Bonchev–Trinajstić information content (AvgIpc) is 2.41. The SMILES string of the molecule is NC(=O)c1ccc(NC2(C(=O)O)CCOCC2)c(F)c1. The van der Waals surface area contributed by atoms with Gasteiger partial charge in [0.1, 0.15) is 11.4 Å². The Morgan fingerprint density at radius 1 is 1.35 bits per heavy atom. The number of hydrogen-bond acceptors (Lipinski definition) is 4. The average molecular weight is 282 g/mol. The maximum absolute atomic E-state index is 13.9. The molecule has 2 rings (SSSR count). The molecule has 1 aliphatic heterocycles. The first-order valence-electron chi connectivity index (χ1n) is 6.13. The van der Waals surface area contributed by atoms with E-state index in [0.717, 1.165) is 6.07 Å². The summed E-state index contributed by atoms with van der Waals surface area (Å²) in [5.74, 6) is -2.51. The van der Waals surface area contributed by atoms with Gasteiger partial charge in [-0.1, -0.05) is 0 Å². The largest absolute Gasteiger partial charge is 0.480 e. The molecule has 1 aromatic rings. The number of carbonyl (C=O) groups excluding carboxylic acids is 1. The number of primary amides is 1. The molecule has 6 nitrogen and oxygen atoms in total. The molecule has 1 saturated heterocycles. The van der Waals surface area contributed by atoms with E-state index in [2.05, 4.69) is 5.32 Å². The summed E-state index contributed by atoms with van der Waals surface area (Å²) in [4.78, 5) is 22.4. The number of nitrogens with two attached hydrogens (primary N) is 1. The second-order valence-electron chi connectivity index (χ2n) is 4.68. The van der Waals surface area contributed by atoms with Crippen molar-refractivity contribution in [2.24, 2.45) is 5.73 Å². The fourth-order valence-corrected chi connectivity index (χ4v) is 2.14. The minimum Gasteiger partial charge on any atom is -0.480 e. The first-order chi connectivity index (χ1) is 9.44. The van der Waals surface area contributed by atoms with Crippen LogP contribution in [0.25, 0.3) is 0 Å². The van der Waals surface area contributed by atoms with Gasteiger partial charge in [-0.05, 0) is 18.2 Å². The number of benzene rings is 1. The summed E-state index contributed by atoms with van der Waals surface area (Å²) in [6.07, 6.45) is 0.471. The van der Waals surface area contributed by atoms with Crippen molar-refractivity contribution in [3.05, 3.63) is 29.6 Å². The van der Waals surface area contributed by atoms with Gasteiger partial charge in [-0.25, -0.2) is 9.18 Å². The maximum Gasteiger partial charge on any atom is 0.329 e. The van der Waals surface area contributed by atoms with E-state index in [1.165, 1.54) is 12.1 Å². The number of amides is 1. The fourth-order valence-electron chi connectivity index (χ4n) is 2.14. The molecule has 1 aromatic carbocycles. The molecule has 0 aliphatic carbocycles. The highest BCUT2D eigenvalue weighted by Gasteiger charge is 2.40. The highest BCUT2D eigenvalue weighted by molar-refractivity contribution is 5.93. The van der Waals surface area contributed by atoms with Gasteiger partial charge in [-0.2, -0.15) is 0 Å². The van der Waals surface area contributed by atoms with E-state index in [-0.39, 0.29) is 24.1 Å². The molecule has 0 bridgehead atoms. The van der Waals surface area contributed by atoms with Gasteiger partial charge in [0.05, 0.1) is 5.69 Å². The smallest absolute Gasteiger partial charge is 0.329 e. The summed E-state index contributed by atoms with van der Waals surface area (Å²) >= 11 is 0. The standard InChI is InChI=1S/C13H15FN2O4/c14-9-7-8(11(15)17)1-2-10(9)16-13(12(18)19)3-5-20-6-4-13/h1-2,7,16H,3-6H2,(H2,15,17)(H,18,19). The molecule has 0 atom stereocenters. The number of nitrogens with one attached hydrogen (secondary N) is 1. The molecular weight excluding hydrogens is 267 g/mol. The van der Waals surface area contributed by atoms with E-state index in [1.54, 1.807) is 0 Å². The number of hydrogen-bond donors (Lipinski definition) is 3. The number of carboxylic acids is 1. The molecule has 0 radical (unpaired) electrons. The van der Waals surface area contributed by atoms with E-state index < -0.39 is 23.2 Å². The molecule has 0 unspecified atom stereocenters. The van der Waals surface area contributed by atoms with Crippen LogP contribution in [0, 0.1) is 5.82 Å². The van der Waals surface area contributed by atoms with Crippen molar-refractivity contribution in [3.8, 4) is 0 Å². The zero-order valence-corrected chi connectivity index (χ0v) is 10.7. The maximum atomic E-state index is 13.9. The third kappa shape index (κ3) is 2.72. The van der Waals surface area contributed by atoms with Crippen LogP contribution < -0.4 is 11.1 Å². The highest BCUT2D eigenvalue weighted by Crippen LogP contribution is 2.28. The van der Waals surface area contributed by atoms with Gasteiger partial charge in [-0.3, -0.25) is 4.79 Å². The molecule has 0 saturated carbocycles. The topological polar surface area (TPSA) is 102 Å². The number of aliphatic carboxylic acids is 1. The molecule has 1 fully saturated rings. The van der Waals surface area contributed by atoms with Crippen molar-refractivity contribution >= 4 is 17.6 Å². The third-order valence-electron chi connectivity index (χ3n) is 3.38. The predicted octanol–water partition coefficient (Wildman–Crippen LogP) is 0.970. The van der Waals surface area contributed by atoms with Crippen molar-refractivity contribution in [2.75, 3.05) is 18.5 Å². The van der Waals surface area contributed by atoms with Crippen molar-refractivity contribution in [1.82, 2.24) is 0 Å². The Labute approximate surface area is 114 Å². The third-order valence-corrected chi connectivity index (χ3v) is 3.38. The number of halogens is 1. The Balaban J connectivity index is 2.27. The summed E-state index contributed by atoms with van der Waals surface area (Å²) < 4.78 is 19.0. The van der Waals surface area contributed by atoms with Crippen LogP contribution >= 0.6 is 0 Å². The van der Waals surface area contributed by atoms with Gasteiger partial charge < -0.3 is 20.9 Å². The van der Waals surface area contributed by atoms with E-state index in [4.69, 9.17) is 10.5 Å². The molecule has 20 heavy (non-hydrogen) atoms. The van der Waals surface area contributed by atoms with Crippen LogP contribution in [-0.4, -0.2) is 35.7 Å². The van der Waals surface area contributed by atoms with Gasteiger partial charge in [0.2, 0.25) is 5.91 Å². The van der Waals surface area contributed by atoms with E-state index in [1.807, 2.05) is 0 Å². The van der Waals surface area contributed by atoms with Crippen molar-refractivity contribution in [3.63, 3.8) is 0 Å². The first kappa shape index (κ1) is 14.3. The van der Waals surface area contributed by atoms with Gasteiger partial charge >= 0.3 is 5.97 Å². The Hall–Kier alpha value is -2.15. The van der Waals surface area contributed by atoms with E-state index >= 15 is 0 Å².